The molecule has 9 nitrogen and oxygen atoms in total. The third-order valence-electron chi connectivity index (χ3n) is 5.77. The minimum absolute atomic E-state index is 0.0781. The predicted molar refractivity (Wildman–Crippen MR) is 129 cm³/mol. The number of carbonyl (C=O) groups is 2. The zero-order chi connectivity index (χ0) is 26.3. The molecule has 0 radical (unpaired) electrons. The monoisotopic (exact) mass is 531 g/mol. The van der Waals surface area contributed by atoms with Gasteiger partial charge in [-0.15, -0.1) is 0 Å². The normalized spacial score (nSPS) is 16.7. The van der Waals surface area contributed by atoms with Gasteiger partial charge in [-0.1, -0.05) is 29.8 Å². The smallest absolute Gasteiger partial charge is 0.252 e. The molecule has 1 unspecified atom stereocenters. The molecule has 2 N–H and O–H groups in total. The Morgan fingerprint density at radius 3 is 2.00 bits per heavy atom. The van der Waals surface area contributed by atoms with Crippen LogP contribution in [0.1, 0.15) is 17.5 Å². The number of carbonyl (C=O) groups excluding carboxylic acids is 2. The van der Waals surface area contributed by atoms with Gasteiger partial charge in [0.1, 0.15) is 11.9 Å². The highest BCUT2D eigenvalue weighted by molar-refractivity contribution is 7.89. The van der Waals surface area contributed by atoms with E-state index in [1.54, 1.807) is 24.3 Å². The number of hydrogen-bond acceptors (Lipinski definition) is 6. The van der Waals surface area contributed by atoms with Crippen molar-refractivity contribution < 1.29 is 30.8 Å². The van der Waals surface area contributed by atoms with Gasteiger partial charge in [0.05, 0.1) is 21.9 Å². The van der Waals surface area contributed by atoms with Crippen LogP contribution in [0.2, 0.25) is 0 Å². The Balaban J connectivity index is 1.73. The molecule has 3 aromatic rings. The van der Waals surface area contributed by atoms with Crippen LogP contribution < -0.4 is 10.0 Å². The number of rotatable bonds is 7. The summed E-state index contributed by atoms with van der Waals surface area (Å²) in [5, 5.41) is 5.10. The molecule has 1 aliphatic heterocycles. The summed E-state index contributed by atoms with van der Waals surface area (Å²) in [6, 6.07) is 14.6. The maximum absolute atomic E-state index is 13.6. The van der Waals surface area contributed by atoms with E-state index in [-0.39, 0.29) is 22.0 Å². The molecule has 1 aliphatic rings. The van der Waals surface area contributed by atoms with Gasteiger partial charge in [-0.05, 0) is 61.0 Å². The Hall–Kier alpha value is -3.45. The van der Waals surface area contributed by atoms with Gasteiger partial charge in [-0.3, -0.25) is 9.59 Å². The Bertz CT molecular complexity index is 1520. The predicted octanol–water partition coefficient (Wildman–Crippen LogP) is 2.30. The van der Waals surface area contributed by atoms with Gasteiger partial charge in [0, 0.05) is 6.54 Å². The summed E-state index contributed by atoms with van der Waals surface area (Å²) in [5.41, 5.74) is 1.62. The molecule has 188 valence electrons. The highest BCUT2D eigenvalue weighted by Gasteiger charge is 2.47. The number of nitrogens with zero attached hydrogens (tertiary/aromatic N) is 2. The van der Waals surface area contributed by atoms with Crippen LogP contribution in [0, 0.1) is 12.7 Å². The summed E-state index contributed by atoms with van der Waals surface area (Å²) in [7, 11) is -8.31. The highest BCUT2D eigenvalue weighted by atomic mass is 32.2. The van der Waals surface area contributed by atoms with E-state index in [1.807, 2.05) is 6.92 Å². The van der Waals surface area contributed by atoms with Crippen molar-refractivity contribution in [2.75, 3.05) is 4.90 Å². The van der Waals surface area contributed by atoms with E-state index in [0.717, 1.165) is 51.2 Å². The number of sulfonamides is 2. The summed E-state index contributed by atoms with van der Waals surface area (Å²) in [4.78, 5) is 26.7. The first kappa shape index (κ1) is 25.6. The van der Waals surface area contributed by atoms with Crippen LogP contribution in [-0.2, 0) is 36.2 Å². The van der Waals surface area contributed by atoms with Crippen LogP contribution in [0.5, 0.6) is 0 Å². The molecule has 4 rings (SSSR count). The summed E-state index contributed by atoms with van der Waals surface area (Å²) in [5.74, 6) is -2.07. The first-order valence-corrected chi connectivity index (χ1v) is 13.7. The summed E-state index contributed by atoms with van der Waals surface area (Å²) in [6.45, 7) is 1.66. The second-order valence-corrected chi connectivity index (χ2v) is 11.8. The average Bonchev–Trinajstić information content (AvgIpc) is 3.11. The maximum atomic E-state index is 13.6. The topological polar surface area (TPSA) is 135 Å². The molecule has 1 atom stereocenters. The molecule has 36 heavy (non-hydrogen) atoms. The Morgan fingerprint density at radius 1 is 0.889 bits per heavy atom. The minimum Gasteiger partial charge on any atom is -0.274 e. The van der Waals surface area contributed by atoms with Crippen molar-refractivity contribution >= 4 is 37.5 Å². The Morgan fingerprint density at radius 2 is 1.44 bits per heavy atom. The highest BCUT2D eigenvalue weighted by Crippen LogP contribution is 2.31. The Kier molecular flexibility index (Phi) is 6.80. The van der Waals surface area contributed by atoms with Crippen molar-refractivity contribution in [2.24, 2.45) is 5.14 Å². The number of primary sulfonamides is 1. The molecule has 1 fully saturated rings. The summed E-state index contributed by atoms with van der Waals surface area (Å²) < 4.78 is 64.6. The molecule has 12 heteroatoms. The van der Waals surface area contributed by atoms with Gasteiger partial charge in [0.25, 0.3) is 5.91 Å². The molecule has 3 aromatic carbocycles. The van der Waals surface area contributed by atoms with Crippen LogP contribution >= 0.6 is 0 Å². The Labute approximate surface area is 208 Å². The maximum Gasteiger partial charge on any atom is 0.252 e. The number of hydrogen-bond donors (Lipinski definition) is 1. The van der Waals surface area contributed by atoms with Crippen molar-refractivity contribution in [1.82, 2.24) is 4.31 Å². The van der Waals surface area contributed by atoms with Gasteiger partial charge in [0.2, 0.25) is 26.0 Å². The lowest BCUT2D eigenvalue weighted by molar-refractivity contribution is -0.122. The van der Waals surface area contributed by atoms with Gasteiger partial charge < -0.3 is 0 Å². The molecule has 1 saturated heterocycles. The van der Waals surface area contributed by atoms with Crippen LogP contribution in [0.3, 0.4) is 0 Å². The molecule has 0 aromatic heterocycles. The second kappa shape index (κ2) is 9.54. The van der Waals surface area contributed by atoms with E-state index >= 15 is 0 Å². The third-order valence-corrected chi connectivity index (χ3v) is 8.57. The fourth-order valence-corrected chi connectivity index (χ4v) is 5.96. The van der Waals surface area contributed by atoms with Gasteiger partial charge in [0.15, 0.2) is 0 Å². The molecule has 1 heterocycles. The SMILES string of the molecule is Cc1ccc(CN(C2CC(=O)N(c3ccc(S(N)(=O)=O)cc3)C2=O)S(=O)(=O)c2ccc(F)cc2)cc1. The number of amides is 2. The standard InChI is InChI=1S/C24H22FN3O6S2/c1-16-2-4-17(5-3-16)15-27(36(33,34)21-10-6-18(25)7-11-21)22-14-23(29)28(24(22)30)19-8-12-20(13-9-19)35(26,31)32/h2-13,22H,14-15H2,1H3,(H2,26,31,32). The first-order valence-electron chi connectivity index (χ1n) is 10.7. The quantitative estimate of drug-likeness (QED) is 0.465. The van der Waals surface area contributed by atoms with E-state index in [2.05, 4.69) is 0 Å². The lowest BCUT2D eigenvalue weighted by Crippen LogP contribution is -2.45. The van der Waals surface area contributed by atoms with Crippen LogP contribution in [0.15, 0.2) is 82.6 Å². The zero-order valence-corrected chi connectivity index (χ0v) is 20.7. The molecule has 0 bridgehead atoms. The summed E-state index contributed by atoms with van der Waals surface area (Å²) >= 11 is 0. The molecular formula is C24H22FN3O6S2. The van der Waals surface area contributed by atoms with E-state index in [4.69, 9.17) is 5.14 Å². The fourth-order valence-electron chi connectivity index (χ4n) is 3.88. The lowest BCUT2D eigenvalue weighted by atomic mass is 10.1. The third kappa shape index (κ3) is 5.07. The average molecular weight is 532 g/mol. The van der Waals surface area contributed by atoms with E-state index in [0.29, 0.717) is 5.56 Å². The molecular weight excluding hydrogens is 509 g/mol. The molecule has 0 saturated carbocycles. The molecule has 0 spiro atoms. The number of anilines is 1. The minimum atomic E-state index is -4.33. The van der Waals surface area contributed by atoms with Crippen LogP contribution in [0.4, 0.5) is 10.1 Å². The van der Waals surface area contributed by atoms with Gasteiger partial charge in [-0.2, -0.15) is 4.31 Å². The largest absolute Gasteiger partial charge is 0.274 e. The van der Waals surface area contributed by atoms with Crippen molar-refractivity contribution in [3.63, 3.8) is 0 Å². The fraction of sp³-hybridized carbons (Fsp3) is 0.167. The van der Waals surface area contributed by atoms with E-state index in [1.165, 1.54) is 12.1 Å². The zero-order valence-electron chi connectivity index (χ0n) is 19.0. The first-order chi connectivity index (χ1) is 16.9. The number of benzene rings is 3. The molecule has 2 amide bonds. The molecule has 0 aliphatic carbocycles. The second-order valence-electron chi connectivity index (χ2n) is 8.32. The van der Waals surface area contributed by atoms with Crippen molar-refractivity contribution in [2.45, 2.75) is 35.7 Å². The van der Waals surface area contributed by atoms with E-state index < -0.39 is 50.1 Å². The van der Waals surface area contributed by atoms with Crippen molar-refractivity contribution in [1.29, 1.82) is 0 Å². The van der Waals surface area contributed by atoms with Crippen LogP contribution in [0.25, 0.3) is 0 Å². The summed E-state index contributed by atoms with van der Waals surface area (Å²) in [6.07, 6.45) is -0.429. The lowest BCUT2D eigenvalue weighted by Gasteiger charge is -2.27. The van der Waals surface area contributed by atoms with Crippen molar-refractivity contribution in [3.05, 3.63) is 89.7 Å². The van der Waals surface area contributed by atoms with Gasteiger partial charge in [-0.25, -0.2) is 31.3 Å². The van der Waals surface area contributed by atoms with Crippen molar-refractivity contribution in [3.8, 4) is 0 Å². The number of halogens is 1. The number of aryl methyl sites for hydroxylation is 1. The van der Waals surface area contributed by atoms with E-state index in [9.17, 15) is 30.8 Å². The number of nitrogens with two attached hydrogens (primary N) is 1. The van der Waals surface area contributed by atoms with Crippen LogP contribution in [-0.4, -0.2) is 39.0 Å². The van der Waals surface area contributed by atoms with Gasteiger partial charge >= 0.3 is 0 Å². The number of imide groups is 1.